The second-order valence-corrected chi connectivity index (χ2v) is 6.54. The van der Waals surface area contributed by atoms with Gasteiger partial charge in [0.2, 0.25) is 0 Å². The van der Waals surface area contributed by atoms with Gasteiger partial charge in [-0.1, -0.05) is 31.9 Å². The van der Waals surface area contributed by atoms with E-state index in [1.165, 1.54) is 30.6 Å². The van der Waals surface area contributed by atoms with Crippen molar-refractivity contribution in [1.82, 2.24) is 4.90 Å². The van der Waals surface area contributed by atoms with Gasteiger partial charge in [-0.2, -0.15) is 0 Å². The Hall–Kier alpha value is -0.800. The molecule has 2 rings (SSSR count). The van der Waals surface area contributed by atoms with E-state index in [9.17, 15) is 4.79 Å². The first-order chi connectivity index (χ1) is 9.72. The molecule has 1 aliphatic rings. The molecule has 0 saturated carbocycles. The van der Waals surface area contributed by atoms with Gasteiger partial charge >= 0.3 is 0 Å². The highest BCUT2D eigenvalue weighted by Gasteiger charge is 2.20. The van der Waals surface area contributed by atoms with Gasteiger partial charge in [0.05, 0.1) is 6.54 Å². The van der Waals surface area contributed by atoms with Gasteiger partial charge < -0.3 is 0 Å². The highest BCUT2D eigenvalue weighted by molar-refractivity contribution is 7.98. The van der Waals surface area contributed by atoms with Crippen LogP contribution in [0.15, 0.2) is 29.2 Å². The number of piperidine rings is 1. The highest BCUT2D eigenvalue weighted by Crippen LogP contribution is 2.22. The van der Waals surface area contributed by atoms with Crippen LogP contribution in [0.1, 0.15) is 43.0 Å². The number of carbonyl (C=O) groups excluding carboxylic acids is 1. The molecule has 0 radical (unpaired) electrons. The third-order valence-corrected chi connectivity index (χ3v) is 4.93. The normalized spacial score (nSPS) is 17.3. The Morgan fingerprint density at radius 1 is 1.25 bits per heavy atom. The largest absolute Gasteiger partial charge is 0.296 e. The molecule has 3 heteroatoms. The second kappa shape index (κ2) is 7.84. The Kier molecular flexibility index (Phi) is 6.11. The van der Waals surface area contributed by atoms with Crippen molar-refractivity contribution in [1.29, 1.82) is 0 Å². The lowest BCUT2D eigenvalue weighted by Crippen LogP contribution is -2.37. The molecule has 0 aliphatic carbocycles. The van der Waals surface area contributed by atoms with Gasteiger partial charge in [0.15, 0.2) is 5.78 Å². The van der Waals surface area contributed by atoms with E-state index in [4.69, 9.17) is 0 Å². The molecule has 2 nitrogen and oxygen atoms in total. The lowest BCUT2D eigenvalue weighted by molar-refractivity contribution is 0.0893. The zero-order valence-electron chi connectivity index (χ0n) is 12.6. The quantitative estimate of drug-likeness (QED) is 0.581. The monoisotopic (exact) mass is 291 g/mol. The number of thioether (sulfide) groups is 1. The summed E-state index contributed by atoms with van der Waals surface area (Å²) in [6.07, 6.45) is 7.19. The molecule has 0 atom stereocenters. The van der Waals surface area contributed by atoms with Crippen molar-refractivity contribution in [3.8, 4) is 0 Å². The molecule has 20 heavy (non-hydrogen) atoms. The molecule has 1 fully saturated rings. The van der Waals surface area contributed by atoms with Gasteiger partial charge in [0.1, 0.15) is 0 Å². The van der Waals surface area contributed by atoms with Gasteiger partial charge in [0.25, 0.3) is 0 Å². The third-order valence-electron chi connectivity index (χ3n) is 4.18. The number of hydrogen-bond donors (Lipinski definition) is 0. The minimum Gasteiger partial charge on any atom is -0.296 e. The summed E-state index contributed by atoms with van der Waals surface area (Å²) in [5.41, 5.74) is 0.846. The lowest BCUT2D eigenvalue weighted by Gasteiger charge is -2.31. The van der Waals surface area contributed by atoms with Crippen LogP contribution in [-0.4, -0.2) is 36.6 Å². The summed E-state index contributed by atoms with van der Waals surface area (Å²) < 4.78 is 0. The van der Waals surface area contributed by atoms with Crippen molar-refractivity contribution in [2.24, 2.45) is 5.92 Å². The first kappa shape index (κ1) is 15.6. The Bertz CT molecular complexity index is 421. The van der Waals surface area contributed by atoms with Crippen molar-refractivity contribution < 1.29 is 4.79 Å². The number of hydrogen-bond acceptors (Lipinski definition) is 3. The molecule has 0 aromatic heterocycles. The molecule has 1 saturated heterocycles. The molecule has 0 unspecified atom stereocenters. The van der Waals surface area contributed by atoms with Crippen LogP contribution in [0, 0.1) is 5.92 Å². The summed E-state index contributed by atoms with van der Waals surface area (Å²) >= 11 is 1.71. The fourth-order valence-electron chi connectivity index (χ4n) is 2.91. The minimum absolute atomic E-state index is 0.256. The molecule has 0 N–H and O–H groups in total. The van der Waals surface area contributed by atoms with Gasteiger partial charge in [-0.3, -0.25) is 9.69 Å². The Morgan fingerprint density at radius 3 is 2.45 bits per heavy atom. The van der Waals surface area contributed by atoms with E-state index in [0.29, 0.717) is 6.54 Å². The van der Waals surface area contributed by atoms with Crippen LogP contribution in [0.3, 0.4) is 0 Å². The predicted octanol–water partition coefficient (Wildman–Crippen LogP) is 4.10. The Balaban J connectivity index is 1.82. The molecule has 0 amide bonds. The fourth-order valence-corrected chi connectivity index (χ4v) is 3.32. The molecular formula is C17H25NOS. The summed E-state index contributed by atoms with van der Waals surface area (Å²) in [7, 11) is 0. The fraction of sp³-hybridized carbons (Fsp3) is 0.588. The highest BCUT2D eigenvalue weighted by atomic mass is 32.2. The molecule has 0 bridgehead atoms. The Morgan fingerprint density at radius 2 is 1.90 bits per heavy atom. The predicted molar refractivity (Wildman–Crippen MR) is 86.6 cm³/mol. The topological polar surface area (TPSA) is 20.3 Å². The average Bonchev–Trinajstić information content (AvgIpc) is 2.49. The molecule has 1 aliphatic heterocycles. The van der Waals surface area contributed by atoms with E-state index in [1.807, 2.05) is 24.3 Å². The van der Waals surface area contributed by atoms with Crippen molar-refractivity contribution in [2.45, 2.75) is 37.5 Å². The first-order valence-electron chi connectivity index (χ1n) is 7.62. The molecule has 1 aromatic carbocycles. The number of ketones is 1. The molecule has 1 aromatic rings. The van der Waals surface area contributed by atoms with E-state index in [-0.39, 0.29) is 5.78 Å². The second-order valence-electron chi connectivity index (χ2n) is 5.66. The SMILES string of the molecule is CCCC1CCN(CC(=O)c2ccc(SC)cc2)CC1. The molecule has 110 valence electrons. The van der Waals surface area contributed by atoms with Crippen molar-refractivity contribution in [3.63, 3.8) is 0 Å². The minimum atomic E-state index is 0.256. The first-order valence-corrected chi connectivity index (χ1v) is 8.85. The van der Waals surface area contributed by atoms with Crippen LogP contribution in [0.4, 0.5) is 0 Å². The molecular weight excluding hydrogens is 266 g/mol. The number of nitrogens with zero attached hydrogens (tertiary/aromatic N) is 1. The van der Waals surface area contributed by atoms with E-state index < -0.39 is 0 Å². The van der Waals surface area contributed by atoms with Crippen molar-refractivity contribution >= 4 is 17.5 Å². The lowest BCUT2D eigenvalue weighted by atomic mass is 9.92. The van der Waals surface area contributed by atoms with Gasteiger partial charge in [-0.25, -0.2) is 0 Å². The van der Waals surface area contributed by atoms with Crippen molar-refractivity contribution in [3.05, 3.63) is 29.8 Å². The standard InChI is InChI=1S/C17H25NOS/c1-3-4-14-9-11-18(12-10-14)13-17(19)15-5-7-16(20-2)8-6-15/h5-8,14H,3-4,9-13H2,1-2H3. The average molecular weight is 291 g/mol. The third kappa shape index (κ3) is 4.35. The van der Waals surface area contributed by atoms with Crippen LogP contribution in [-0.2, 0) is 0 Å². The number of rotatable bonds is 6. The zero-order valence-corrected chi connectivity index (χ0v) is 13.4. The maximum absolute atomic E-state index is 12.3. The van der Waals surface area contributed by atoms with Crippen LogP contribution >= 0.6 is 11.8 Å². The number of Topliss-reactive ketones (excluding diaryl/α,β-unsaturated/α-hetero) is 1. The van der Waals surface area contributed by atoms with Crippen LogP contribution in [0.2, 0.25) is 0 Å². The van der Waals surface area contributed by atoms with Crippen LogP contribution < -0.4 is 0 Å². The zero-order chi connectivity index (χ0) is 14.4. The van der Waals surface area contributed by atoms with Crippen LogP contribution in [0.5, 0.6) is 0 Å². The van der Waals surface area contributed by atoms with E-state index in [0.717, 1.165) is 24.6 Å². The van der Waals surface area contributed by atoms with E-state index >= 15 is 0 Å². The van der Waals surface area contributed by atoms with Crippen LogP contribution in [0.25, 0.3) is 0 Å². The van der Waals surface area contributed by atoms with Gasteiger partial charge in [-0.05, 0) is 50.2 Å². The van der Waals surface area contributed by atoms with Gasteiger partial charge in [0, 0.05) is 10.5 Å². The summed E-state index contributed by atoms with van der Waals surface area (Å²) in [6.45, 7) is 5.00. The number of likely N-dealkylation sites (tertiary alicyclic amines) is 1. The smallest absolute Gasteiger partial charge is 0.176 e. The van der Waals surface area contributed by atoms with E-state index in [2.05, 4.69) is 18.1 Å². The van der Waals surface area contributed by atoms with Gasteiger partial charge in [-0.15, -0.1) is 11.8 Å². The summed E-state index contributed by atoms with van der Waals surface area (Å²) in [4.78, 5) is 15.8. The summed E-state index contributed by atoms with van der Waals surface area (Å²) in [5, 5.41) is 0. The van der Waals surface area contributed by atoms with Crippen molar-refractivity contribution in [2.75, 3.05) is 25.9 Å². The molecule has 1 heterocycles. The maximum Gasteiger partial charge on any atom is 0.176 e. The Labute approximate surface area is 126 Å². The summed E-state index contributed by atoms with van der Waals surface area (Å²) in [6, 6.07) is 7.98. The molecule has 0 spiro atoms. The summed E-state index contributed by atoms with van der Waals surface area (Å²) in [5.74, 6) is 1.14. The number of benzene rings is 1. The number of carbonyl (C=O) groups is 1. The maximum atomic E-state index is 12.3. The van der Waals surface area contributed by atoms with E-state index in [1.54, 1.807) is 11.8 Å².